The molecule has 0 fully saturated rings. The number of rotatable bonds is 36. The molecule has 0 rings (SSSR count). The van der Waals surface area contributed by atoms with Gasteiger partial charge in [0.15, 0.2) is 0 Å². The molecule has 0 saturated carbocycles. The van der Waals surface area contributed by atoms with Crippen molar-refractivity contribution >= 4 is 13.8 Å². The number of ether oxygens (including phenoxy) is 2. The average Bonchev–Trinajstić information content (AvgIpc) is 3.13. The molecule has 0 aromatic heterocycles. The maximum absolute atomic E-state index is 12.6. The predicted octanol–water partition coefficient (Wildman–Crippen LogP) is 12.0. The van der Waals surface area contributed by atoms with Crippen molar-refractivity contribution in [1.82, 2.24) is 0 Å². The Balaban J connectivity index is 4.44. The highest BCUT2D eigenvalue weighted by Crippen LogP contribution is 2.43. The van der Waals surface area contributed by atoms with Crippen molar-refractivity contribution in [3.05, 3.63) is 109 Å². The molecule has 0 amide bonds. The van der Waals surface area contributed by atoms with Crippen LogP contribution in [0.1, 0.15) is 117 Å². The van der Waals surface area contributed by atoms with Crippen LogP contribution in [0.25, 0.3) is 0 Å². The number of carbonyl (C=O) groups is 1. The third-order valence-electron chi connectivity index (χ3n) is 7.83. The number of hydrogen-bond acceptors (Lipinski definition) is 6. The number of phosphoric ester groups is 1. The van der Waals surface area contributed by atoms with Gasteiger partial charge in [-0.3, -0.25) is 13.8 Å². The first-order valence-electron chi connectivity index (χ1n) is 20.6. The van der Waals surface area contributed by atoms with E-state index >= 15 is 0 Å². The first-order valence-corrected chi connectivity index (χ1v) is 22.1. The van der Waals surface area contributed by atoms with Crippen molar-refractivity contribution in [3.8, 4) is 0 Å². The van der Waals surface area contributed by atoms with Crippen LogP contribution in [0.3, 0.4) is 0 Å². The quantitative estimate of drug-likeness (QED) is 0.0222. The van der Waals surface area contributed by atoms with Crippen molar-refractivity contribution in [2.24, 2.45) is 0 Å². The van der Waals surface area contributed by atoms with Gasteiger partial charge in [0, 0.05) is 13.0 Å². The molecule has 0 aliphatic rings. The summed E-state index contributed by atoms with van der Waals surface area (Å²) in [6.45, 7) is 5.14. The van der Waals surface area contributed by atoms with E-state index in [0.29, 0.717) is 24.1 Å². The van der Waals surface area contributed by atoms with Gasteiger partial charge >= 0.3 is 13.8 Å². The van der Waals surface area contributed by atoms with E-state index in [1.807, 2.05) is 21.1 Å². The van der Waals surface area contributed by atoms with Crippen LogP contribution in [0.5, 0.6) is 0 Å². The standard InChI is InChI=1S/C46H76NO7P/c1-6-8-10-12-14-16-18-20-21-22-23-24-25-26-28-30-32-34-36-38-41-51-43-45(44-53-55(49,50)52-42-40-47(3,4)5)54-46(48)39-37-35-33-31-29-27-19-17-15-13-11-9-7-2/h8-11,14-17,20-21,23-24,26-29,32,34,45H,6-7,12-13,18-19,22,25,30-31,33,35-44H2,1-5H3/p+1/b10-8-,11-9-,16-14-,17-15-,21-20-,24-23-,28-26-,29-27-,34-32-. The molecule has 312 valence electrons. The number of unbranched alkanes of at least 4 members (excludes halogenated alkanes) is 4. The van der Waals surface area contributed by atoms with E-state index in [9.17, 15) is 14.3 Å². The number of quaternary nitrogens is 1. The molecule has 8 nitrogen and oxygen atoms in total. The van der Waals surface area contributed by atoms with Crippen LogP contribution in [0, 0.1) is 0 Å². The number of hydrogen-bond donors (Lipinski definition) is 1. The molecule has 0 aromatic rings. The van der Waals surface area contributed by atoms with Crippen molar-refractivity contribution in [2.45, 2.75) is 123 Å². The minimum absolute atomic E-state index is 0.0648. The maximum Gasteiger partial charge on any atom is 0.472 e. The van der Waals surface area contributed by atoms with Gasteiger partial charge < -0.3 is 18.9 Å². The van der Waals surface area contributed by atoms with Gasteiger partial charge in [-0.05, 0) is 89.9 Å². The van der Waals surface area contributed by atoms with Gasteiger partial charge in [0.2, 0.25) is 0 Å². The highest BCUT2D eigenvalue weighted by molar-refractivity contribution is 7.47. The van der Waals surface area contributed by atoms with Crippen LogP contribution < -0.4 is 0 Å². The van der Waals surface area contributed by atoms with Crippen molar-refractivity contribution in [3.63, 3.8) is 0 Å². The van der Waals surface area contributed by atoms with E-state index in [1.165, 1.54) is 0 Å². The Labute approximate surface area is 336 Å². The molecule has 0 aliphatic heterocycles. The third kappa shape index (κ3) is 42.1. The minimum Gasteiger partial charge on any atom is -0.457 e. The Morgan fingerprint density at radius 3 is 1.45 bits per heavy atom. The molecule has 0 aliphatic carbocycles. The summed E-state index contributed by atoms with van der Waals surface area (Å²) in [6, 6.07) is 0. The Kier molecular flexibility index (Phi) is 36.1. The van der Waals surface area contributed by atoms with Crippen LogP contribution in [0.4, 0.5) is 0 Å². The lowest BCUT2D eigenvalue weighted by Crippen LogP contribution is -2.37. The number of carbonyl (C=O) groups excluding carboxylic acids is 1. The number of allylic oxidation sites excluding steroid dienone is 18. The second kappa shape index (κ2) is 38.1. The topological polar surface area (TPSA) is 91.3 Å². The lowest BCUT2D eigenvalue weighted by Gasteiger charge is -2.24. The average molecular weight is 787 g/mol. The predicted molar refractivity (Wildman–Crippen MR) is 233 cm³/mol. The smallest absolute Gasteiger partial charge is 0.457 e. The molecule has 0 spiro atoms. The molecule has 0 radical (unpaired) electrons. The molecule has 1 N–H and O–H groups in total. The molecular formula is C46H77NO7P+. The van der Waals surface area contributed by atoms with Crippen LogP contribution in [0.15, 0.2) is 109 Å². The first kappa shape index (κ1) is 52.2. The third-order valence-corrected chi connectivity index (χ3v) is 8.81. The van der Waals surface area contributed by atoms with E-state index in [1.54, 1.807) is 0 Å². The maximum atomic E-state index is 12.6. The zero-order chi connectivity index (χ0) is 40.6. The zero-order valence-corrected chi connectivity index (χ0v) is 36.0. The summed E-state index contributed by atoms with van der Waals surface area (Å²) in [5.74, 6) is -0.369. The molecular weight excluding hydrogens is 709 g/mol. The number of likely N-dealkylation sites (N-methyl/N-ethyl adjacent to an activating group) is 1. The fourth-order valence-electron chi connectivity index (χ4n) is 4.70. The van der Waals surface area contributed by atoms with E-state index in [2.05, 4.69) is 123 Å². The van der Waals surface area contributed by atoms with Crippen molar-refractivity contribution < 1.29 is 37.3 Å². The van der Waals surface area contributed by atoms with E-state index in [-0.39, 0.29) is 32.2 Å². The number of phosphoric acid groups is 1. The Bertz CT molecular complexity index is 1240. The summed E-state index contributed by atoms with van der Waals surface area (Å²) in [5.41, 5.74) is 0. The fraction of sp³-hybridized carbons (Fsp3) is 0.587. The molecule has 2 unspecified atom stereocenters. The largest absolute Gasteiger partial charge is 0.472 e. The highest BCUT2D eigenvalue weighted by Gasteiger charge is 2.26. The molecule has 0 saturated heterocycles. The van der Waals surface area contributed by atoms with Crippen LogP contribution in [-0.4, -0.2) is 75.6 Å². The monoisotopic (exact) mass is 787 g/mol. The van der Waals surface area contributed by atoms with Gasteiger partial charge in [-0.1, -0.05) is 130 Å². The molecule has 9 heteroatoms. The lowest BCUT2D eigenvalue weighted by atomic mass is 10.1. The van der Waals surface area contributed by atoms with E-state index in [0.717, 1.165) is 89.9 Å². The summed E-state index contributed by atoms with van der Waals surface area (Å²) in [7, 11) is 1.59. The van der Waals surface area contributed by atoms with E-state index in [4.69, 9.17) is 18.5 Å². The molecule has 0 aromatic carbocycles. The Morgan fingerprint density at radius 1 is 0.564 bits per heavy atom. The lowest BCUT2D eigenvalue weighted by molar-refractivity contribution is -0.870. The molecule has 55 heavy (non-hydrogen) atoms. The summed E-state index contributed by atoms with van der Waals surface area (Å²) in [6.07, 6.45) is 52.9. The zero-order valence-electron chi connectivity index (χ0n) is 35.1. The molecule has 2 atom stereocenters. The fourth-order valence-corrected chi connectivity index (χ4v) is 5.44. The van der Waals surface area contributed by atoms with Crippen LogP contribution in [-0.2, 0) is 27.9 Å². The summed E-state index contributed by atoms with van der Waals surface area (Å²) in [4.78, 5) is 22.8. The summed E-state index contributed by atoms with van der Waals surface area (Å²) < 4.78 is 34.8. The van der Waals surface area contributed by atoms with E-state index < -0.39 is 13.9 Å². The minimum atomic E-state index is -4.30. The number of nitrogens with zero attached hydrogens (tertiary/aromatic N) is 1. The summed E-state index contributed by atoms with van der Waals surface area (Å²) >= 11 is 0. The highest BCUT2D eigenvalue weighted by atomic mass is 31.2. The summed E-state index contributed by atoms with van der Waals surface area (Å²) in [5, 5.41) is 0. The molecule has 0 bridgehead atoms. The van der Waals surface area contributed by atoms with Gasteiger partial charge in [0.1, 0.15) is 19.3 Å². The second-order valence-electron chi connectivity index (χ2n) is 14.2. The van der Waals surface area contributed by atoms with Gasteiger partial charge in [-0.25, -0.2) is 4.57 Å². The first-order chi connectivity index (χ1) is 26.6. The number of esters is 1. The normalized spacial score (nSPS) is 14.9. The van der Waals surface area contributed by atoms with Gasteiger partial charge in [0.25, 0.3) is 0 Å². The van der Waals surface area contributed by atoms with Gasteiger partial charge in [-0.2, -0.15) is 0 Å². The van der Waals surface area contributed by atoms with Crippen LogP contribution >= 0.6 is 7.82 Å². The SMILES string of the molecule is CC/C=C\C/C=C\C/C=C\C/C=C\C/C=C\C/C=C\CCCOCC(COP(=O)(O)OCC[N+](C)(C)C)OC(=O)CCCCC/C=C\C/C=C\C/C=C\CC. The van der Waals surface area contributed by atoms with Crippen molar-refractivity contribution in [2.75, 3.05) is 54.1 Å². The second-order valence-corrected chi connectivity index (χ2v) is 15.7. The van der Waals surface area contributed by atoms with Crippen LogP contribution in [0.2, 0.25) is 0 Å². The Morgan fingerprint density at radius 2 is 1.00 bits per heavy atom. The molecule has 0 heterocycles. The van der Waals surface area contributed by atoms with Gasteiger partial charge in [0.05, 0.1) is 34.4 Å². The Hall–Kier alpha value is -2.84. The van der Waals surface area contributed by atoms with Gasteiger partial charge in [-0.15, -0.1) is 0 Å². The van der Waals surface area contributed by atoms with Crippen molar-refractivity contribution in [1.29, 1.82) is 0 Å².